The van der Waals surface area contributed by atoms with E-state index in [1.807, 2.05) is 24.3 Å². The lowest BCUT2D eigenvalue weighted by Gasteiger charge is -2.14. The van der Waals surface area contributed by atoms with Crippen molar-refractivity contribution < 1.29 is 24.2 Å². The quantitative estimate of drug-likeness (QED) is 0.347. The van der Waals surface area contributed by atoms with Crippen LogP contribution in [0.2, 0.25) is 0 Å². The average molecular weight is 441 g/mol. The molecule has 3 aromatic carbocycles. The van der Waals surface area contributed by atoms with Crippen molar-refractivity contribution in [2.24, 2.45) is 0 Å². The molecular weight excluding hydrogens is 418 g/mol. The summed E-state index contributed by atoms with van der Waals surface area (Å²) >= 11 is 0. The first-order chi connectivity index (χ1) is 16.1. The van der Waals surface area contributed by atoms with E-state index < -0.39 is 12.1 Å². The van der Waals surface area contributed by atoms with Gasteiger partial charge in [0.15, 0.2) is 0 Å². The summed E-state index contributed by atoms with van der Waals surface area (Å²) < 4.78 is 10.2. The van der Waals surface area contributed by atoms with E-state index >= 15 is 0 Å². The fourth-order valence-corrected chi connectivity index (χ4v) is 3.92. The molecule has 0 bridgehead atoms. The van der Waals surface area contributed by atoms with Crippen LogP contribution in [0.3, 0.4) is 0 Å². The van der Waals surface area contributed by atoms with E-state index in [0.717, 1.165) is 11.1 Å². The molecule has 0 unspecified atom stereocenters. The molecule has 2 N–H and O–H groups in total. The normalized spacial score (nSPS) is 11.5. The molecule has 3 aromatic rings. The molecule has 4 rings (SSSR count). The Morgan fingerprint density at radius 1 is 1.00 bits per heavy atom. The third kappa shape index (κ3) is 4.83. The van der Waals surface area contributed by atoms with Crippen LogP contribution >= 0.6 is 0 Å². The maximum Gasteiger partial charge on any atom is 0.407 e. The van der Waals surface area contributed by atoms with E-state index in [-0.39, 0.29) is 18.3 Å². The predicted molar refractivity (Wildman–Crippen MR) is 124 cm³/mol. The van der Waals surface area contributed by atoms with Crippen LogP contribution in [0.1, 0.15) is 39.4 Å². The molecule has 0 heterocycles. The molecule has 0 fully saturated rings. The Morgan fingerprint density at radius 2 is 1.67 bits per heavy atom. The Labute approximate surface area is 192 Å². The first kappa shape index (κ1) is 22.0. The maximum absolute atomic E-state index is 12.2. The van der Waals surface area contributed by atoms with Gasteiger partial charge in [-0.15, -0.1) is 0 Å². The highest BCUT2D eigenvalue weighted by Crippen LogP contribution is 2.44. The number of carbonyl (C=O) groups is 2. The second kappa shape index (κ2) is 9.92. The fraction of sp³-hybridized carbons (Fsp3) is 0.185. The summed E-state index contributed by atoms with van der Waals surface area (Å²) in [7, 11) is 1.29. The summed E-state index contributed by atoms with van der Waals surface area (Å²) in [5.41, 5.74) is 5.29. The number of alkyl carbamates (subject to hydrolysis) is 1. The number of aromatic hydroxyl groups is 1. The highest BCUT2D eigenvalue weighted by atomic mass is 16.5. The number of methoxy groups -OCH3 is 1. The monoisotopic (exact) mass is 441 g/mol. The van der Waals surface area contributed by atoms with Gasteiger partial charge in [-0.1, -0.05) is 60.4 Å². The molecule has 1 aliphatic rings. The number of ether oxygens (including phenoxy) is 2. The molecule has 1 aliphatic carbocycles. The number of fused-ring (bicyclic) bond motifs is 3. The topological polar surface area (TPSA) is 84.9 Å². The minimum absolute atomic E-state index is 0.00741. The highest BCUT2D eigenvalue weighted by Gasteiger charge is 2.28. The lowest BCUT2D eigenvalue weighted by molar-refractivity contribution is 0.0600. The lowest BCUT2D eigenvalue weighted by atomic mass is 9.98. The molecule has 6 heteroatoms. The highest BCUT2D eigenvalue weighted by molar-refractivity contribution is 5.90. The molecule has 6 nitrogen and oxygen atoms in total. The summed E-state index contributed by atoms with van der Waals surface area (Å²) in [6, 6.07) is 20.7. The zero-order valence-corrected chi connectivity index (χ0v) is 18.1. The van der Waals surface area contributed by atoms with E-state index in [0.29, 0.717) is 24.1 Å². The number of hydrogen-bond donors (Lipinski definition) is 2. The standard InChI is InChI=1S/C27H23NO5/c1-32-26(30)19-13-14-25(29)18(16-19)8-6-7-15-28-27(31)33-17-24-22-11-4-2-9-20(22)21-10-3-5-12-23(21)24/h2-5,9-14,16,24,29H,7,15,17H2,1H3,(H,28,31). The number of phenols is 1. The van der Waals surface area contributed by atoms with E-state index in [4.69, 9.17) is 4.74 Å². The maximum atomic E-state index is 12.2. The largest absolute Gasteiger partial charge is 0.507 e. The number of nitrogens with one attached hydrogen (secondary N) is 1. The second-order valence-corrected chi connectivity index (χ2v) is 7.53. The van der Waals surface area contributed by atoms with Crippen LogP contribution in [0, 0.1) is 11.8 Å². The molecule has 0 atom stereocenters. The fourth-order valence-electron chi connectivity index (χ4n) is 3.92. The number of phenolic OH excluding ortho intramolecular Hbond substituents is 1. The Bertz CT molecular complexity index is 1210. The van der Waals surface area contributed by atoms with Crippen molar-refractivity contribution in [1.29, 1.82) is 0 Å². The van der Waals surface area contributed by atoms with Gasteiger partial charge in [0.1, 0.15) is 12.4 Å². The molecule has 0 saturated heterocycles. The van der Waals surface area contributed by atoms with Crippen LogP contribution in [0.5, 0.6) is 5.75 Å². The van der Waals surface area contributed by atoms with Crippen molar-refractivity contribution in [3.8, 4) is 28.7 Å². The van der Waals surface area contributed by atoms with Crippen molar-refractivity contribution >= 4 is 12.1 Å². The van der Waals surface area contributed by atoms with Crippen molar-refractivity contribution in [2.45, 2.75) is 12.3 Å². The predicted octanol–water partition coefficient (Wildman–Crippen LogP) is 4.46. The van der Waals surface area contributed by atoms with Crippen molar-refractivity contribution in [1.82, 2.24) is 5.32 Å². The number of hydrogen-bond acceptors (Lipinski definition) is 5. The van der Waals surface area contributed by atoms with Gasteiger partial charge in [0, 0.05) is 18.9 Å². The van der Waals surface area contributed by atoms with Gasteiger partial charge in [-0.05, 0) is 40.5 Å². The number of rotatable bonds is 5. The van der Waals surface area contributed by atoms with Crippen LogP contribution in [0.25, 0.3) is 11.1 Å². The number of carbonyl (C=O) groups excluding carboxylic acids is 2. The first-order valence-corrected chi connectivity index (χ1v) is 10.6. The molecule has 0 radical (unpaired) electrons. The summed E-state index contributed by atoms with van der Waals surface area (Å²) in [6.45, 7) is 0.543. The van der Waals surface area contributed by atoms with Crippen molar-refractivity contribution in [2.75, 3.05) is 20.3 Å². The summed E-state index contributed by atoms with van der Waals surface area (Å²) in [5.74, 6) is 5.15. The second-order valence-electron chi connectivity index (χ2n) is 7.53. The Kier molecular flexibility index (Phi) is 6.61. The first-order valence-electron chi connectivity index (χ1n) is 10.6. The zero-order chi connectivity index (χ0) is 23.2. The zero-order valence-electron chi connectivity index (χ0n) is 18.1. The minimum atomic E-state index is -0.505. The summed E-state index contributed by atoms with van der Waals surface area (Å²) in [4.78, 5) is 23.8. The third-order valence-corrected chi connectivity index (χ3v) is 5.50. The van der Waals surface area contributed by atoms with Crippen LogP contribution in [0.4, 0.5) is 4.79 Å². The lowest BCUT2D eigenvalue weighted by Crippen LogP contribution is -2.26. The van der Waals surface area contributed by atoms with Gasteiger partial charge in [-0.25, -0.2) is 9.59 Å². The van der Waals surface area contributed by atoms with Crippen LogP contribution in [0.15, 0.2) is 66.7 Å². The molecular formula is C27H23NO5. The molecule has 0 spiro atoms. The van der Waals surface area contributed by atoms with Gasteiger partial charge in [-0.2, -0.15) is 0 Å². The Hall–Kier alpha value is -4.24. The van der Waals surface area contributed by atoms with Gasteiger partial charge in [-0.3, -0.25) is 0 Å². The van der Waals surface area contributed by atoms with Crippen molar-refractivity contribution in [3.63, 3.8) is 0 Å². The van der Waals surface area contributed by atoms with Crippen LogP contribution in [-0.4, -0.2) is 37.4 Å². The van der Waals surface area contributed by atoms with Gasteiger partial charge < -0.3 is 19.9 Å². The Balaban J connectivity index is 1.29. The minimum Gasteiger partial charge on any atom is -0.507 e. The van der Waals surface area contributed by atoms with E-state index in [1.54, 1.807) is 0 Å². The third-order valence-electron chi connectivity index (χ3n) is 5.50. The molecule has 166 valence electrons. The van der Waals surface area contributed by atoms with Gasteiger partial charge in [0.05, 0.1) is 18.2 Å². The SMILES string of the molecule is COC(=O)c1ccc(O)c(C#CCCNC(=O)OCC2c3ccccc3-c3ccccc32)c1. The molecule has 33 heavy (non-hydrogen) atoms. The summed E-state index contributed by atoms with van der Waals surface area (Å²) in [5, 5.41) is 12.6. The number of amides is 1. The molecule has 1 amide bonds. The summed E-state index contributed by atoms with van der Waals surface area (Å²) in [6.07, 6.45) is -0.152. The van der Waals surface area contributed by atoms with E-state index in [1.165, 1.54) is 36.4 Å². The molecule has 0 aromatic heterocycles. The van der Waals surface area contributed by atoms with Crippen LogP contribution in [-0.2, 0) is 9.47 Å². The van der Waals surface area contributed by atoms with E-state index in [9.17, 15) is 14.7 Å². The molecule has 0 saturated carbocycles. The number of benzene rings is 3. The van der Waals surface area contributed by atoms with Gasteiger partial charge >= 0.3 is 12.1 Å². The van der Waals surface area contributed by atoms with Gasteiger partial charge in [0.2, 0.25) is 0 Å². The van der Waals surface area contributed by atoms with Gasteiger partial charge in [0.25, 0.3) is 0 Å². The number of esters is 1. The smallest absolute Gasteiger partial charge is 0.407 e. The Morgan fingerprint density at radius 3 is 2.33 bits per heavy atom. The molecule has 0 aliphatic heterocycles. The van der Waals surface area contributed by atoms with E-state index in [2.05, 4.69) is 46.2 Å². The van der Waals surface area contributed by atoms with Crippen molar-refractivity contribution in [3.05, 3.63) is 89.0 Å². The average Bonchev–Trinajstić information content (AvgIpc) is 3.16. The van der Waals surface area contributed by atoms with Crippen LogP contribution < -0.4 is 5.32 Å².